The molecule has 3 aromatic carbocycles. The van der Waals surface area contributed by atoms with Gasteiger partial charge in [-0.3, -0.25) is 14.4 Å². The number of aliphatic hydroxyl groups excluding tert-OH is 1. The molecule has 1 aliphatic rings. The monoisotopic (exact) mass is 560 g/mol. The fourth-order valence-corrected chi connectivity index (χ4v) is 4.98. The van der Waals surface area contributed by atoms with E-state index in [9.17, 15) is 24.6 Å². The van der Waals surface area contributed by atoms with Gasteiger partial charge < -0.3 is 36.2 Å². The number of carbonyl (C=O) groups is 3. The highest BCUT2D eigenvalue weighted by Gasteiger charge is 2.42. The molecular formula is C31H36N4O6. The third kappa shape index (κ3) is 7.22. The average Bonchev–Trinajstić information content (AvgIpc) is 3.38. The summed E-state index contributed by atoms with van der Waals surface area (Å²) in [7, 11) is 1.57. The lowest BCUT2D eigenvalue weighted by Crippen LogP contribution is -2.55. The van der Waals surface area contributed by atoms with Crippen molar-refractivity contribution >= 4 is 17.7 Å². The summed E-state index contributed by atoms with van der Waals surface area (Å²) in [4.78, 5) is 41.3. The Morgan fingerprint density at radius 3 is 2.41 bits per heavy atom. The smallest absolute Gasteiger partial charge is 0.254 e. The average molecular weight is 561 g/mol. The van der Waals surface area contributed by atoms with Gasteiger partial charge in [0.25, 0.3) is 11.8 Å². The van der Waals surface area contributed by atoms with Crippen LogP contribution in [0.25, 0.3) is 0 Å². The van der Waals surface area contributed by atoms with Crippen molar-refractivity contribution in [2.75, 3.05) is 13.7 Å². The van der Waals surface area contributed by atoms with E-state index in [0.717, 1.165) is 11.1 Å². The van der Waals surface area contributed by atoms with E-state index in [-0.39, 0.29) is 43.2 Å². The molecule has 3 aromatic rings. The number of amides is 3. The Morgan fingerprint density at radius 1 is 1.02 bits per heavy atom. The Morgan fingerprint density at radius 2 is 1.73 bits per heavy atom. The van der Waals surface area contributed by atoms with Gasteiger partial charge in [0.1, 0.15) is 17.5 Å². The highest BCUT2D eigenvalue weighted by Crippen LogP contribution is 2.22. The molecule has 0 aliphatic carbocycles. The minimum absolute atomic E-state index is 0.0385. The number of aromatic hydroxyl groups is 1. The van der Waals surface area contributed by atoms with E-state index in [1.54, 1.807) is 38.3 Å². The number of aliphatic hydroxyl groups is 1. The maximum absolute atomic E-state index is 13.7. The van der Waals surface area contributed by atoms with Crippen LogP contribution in [0.15, 0.2) is 72.8 Å². The van der Waals surface area contributed by atoms with Gasteiger partial charge in [0.2, 0.25) is 5.91 Å². The molecule has 10 nitrogen and oxygen atoms in total. The maximum Gasteiger partial charge on any atom is 0.254 e. The van der Waals surface area contributed by atoms with Gasteiger partial charge >= 0.3 is 0 Å². The van der Waals surface area contributed by atoms with Crippen LogP contribution in [0.1, 0.15) is 33.5 Å². The van der Waals surface area contributed by atoms with E-state index in [2.05, 4.69) is 10.6 Å². The zero-order chi connectivity index (χ0) is 29.5. The molecule has 6 N–H and O–H groups in total. The maximum atomic E-state index is 13.7. The third-order valence-electron chi connectivity index (χ3n) is 7.34. The summed E-state index contributed by atoms with van der Waals surface area (Å²) >= 11 is 0. The number of rotatable bonds is 10. The molecule has 0 bridgehead atoms. The van der Waals surface area contributed by atoms with Gasteiger partial charge in [-0.05, 0) is 55.2 Å². The van der Waals surface area contributed by atoms with Gasteiger partial charge in [0.15, 0.2) is 6.10 Å². The van der Waals surface area contributed by atoms with Crippen molar-refractivity contribution in [3.8, 4) is 11.5 Å². The van der Waals surface area contributed by atoms with Gasteiger partial charge in [0.05, 0.1) is 13.2 Å². The van der Waals surface area contributed by atoms with Crippen molar-refractivity contribution in [2.45, 2.75) is 50.5 Å². The van der Waals surface area contributed by atoms with Crippen molar-refractivity contribution in [1.29, 1.82) is 0 Å². The number of carbonyl (C=O) groups excluding carboxylic acids is 3. The molecule has 4 rings (SSSR count). The summed E-state index contributed by atoms with van der Waals surface area (Å²) in [5.41, 5.74) is 8.41. The minimum Gasteiger partial charge on any atom is -0.508 e. The lowest BCUT2D eigenvalue weighted by molar-refractivity contribution is -0.146. The number of nitrogens with two attached hydrogens (primary N) is 1. The molecule has 10 heteroatoms. The van der Waals surface area contributed by atoms with E-state index in [4.69, 9.17) is 10.5 Å². The van der Waals surface area contributed by atoms with E-state index < -0.39 is 36.0 Å². The second-order valence-corrected chi connectivity index (χ2v) is 10.2. The Kier molecular flexibility index (Phi) is 9.59. The van der Waals surface area contributed by atoms with Crippen LogP contribution < -0.4 is 21.1 Å². The molecule has 4 unspecified atom stereocenters. The van der Waals surface area contributed by atoms with Crippen LogP contribution in [-0.2, 0) is 22.6 Å². The Hall–Kier alpha value is -4.41. The van der Waals surface area contributed by atoms with E-state index in [0.29, 0.717) is 11.3 Å². The quantitative estimate of drug-likeness (QED) is 0.253. The van der Waals surface area contributed by atoms with Crippen LogP contribution in [-0.4, -0.2) is 70.7 Å². The number of phenolic OH excluding ortho intramolecular Hbond substituents is 1. The summed E-state index contributed by atoms with van der Waals surface area (Å²) in [5, 5.41) is 27.0. The van der Waals surface area contributed by atoms with Gasteiger partial charge in [-0.25, -0.2) is 0 Å². The number of nitrogens with zero attached hydrogens (tertiary/aromatic N) is 1. The molecule has 3 amide bonds. The molecule has 1 heterocycles. The van der Waals surface area contributed by atoms with E-state index in [1.807, 2.05) is 42.5 Å². The number of ether oxygens (including phenoxy) is 1. The predicted octanol–water partition coefficient (Wildman–Crippen LogP) is 1.66. The number of likely N-dealkylation sites (tertiary alicyclic amines) is 1. The van der Waals surface area contributed by atoms with Gasteiger partial charge in [-0.15, -0.1) is 0 Å². The first-order valence-electron chi connectivity index (χ1n) is 13.5. The molecule has 0 spiro atoms. The van der Waals surface area contributed by atoms with Gasteiger partial charge in [-0.1, -0.05) is 48.5 Å². The van der Waals surface area contributed by atoms with Crippen molar-refractivity contribution in [2.24, 2.45) is 5.73 Å². The van der Waals surface area contributed by atoms with Crippen molar-refractivity contribution in [1.82, 2.24) is 15.5 Å². The fourth-order valence-electron chi connectivity index (χ4n) is 4.98. The first-order valence-corrected chi connectivity index (χ1v) is 13.5. The lowest BCUT2D eigenvalue weighted by atomic mass is 9.98. The molecule has 0 radical (unpaired) electrons. The zero-order valence-electron chi connectivity index (χ0n) is 23.1. The second kappa shape index (κ2) is 13.3. The number of hydrogen-bond donors (Lipinski definition) is 5. The van der Waals surface area contributed by atoms with Crippen LogP contribution in [0.3, 0.4) is 0 Å². The van der Waals surface area contributed by atoms with Crippen molar-refractivity contribution in [3.05, 3.63) is 95.1 Å². The molecule has 216 valence electrons. The van der Waals surface area contributed by atoms with Crippen molar-refractivity contribution in [3.63, 3.8) is 0 Å². The number of methoxy groups -OCH3 is 1. The summed E-state index contributed by atoms with van der Waals surface area (Å²) in [6.07, 6.45) is -1.25. The third-order valence-corrected chi connectivity index (χ3v) is 7.34. The molecule has 1 fully saturated rings. The van der Waals surface area contributed by atoms with Crippen molar-refractivity contribution < 1.29 is 29.3 Å². The highest BCUT2D eigenvalue weighted by atomic mass is 16.5. The van der Waals surface area contributed by atoms with Crippen LogP contribution in [0.2, 0.25) is 0 Å². The summed E-state index contributed by atoms with van der Waals surface area (Å²) in [5.74, 6) is -0.963. The highest BCUT2D eigenvalue weighted by molar-refractivity contribution is 5.97. The first kappa shape index (κ1) is 29.6. The SMILES string of the molecule is COc1ccc(CNC(=O)C2CC(N)CN2C(=O)C(O)C(Cc2ccccc2)NC(=O)c2cccc(O)c2C)cc1. The second-order valence-electron chi connectivity index (χ2n) is 10.2. The number of nitrogens with one attached hydrogen (secondary N) is 2. The van der Waals surface area contributed by atoms with Gasteiger partial charge in [-0.2, -0.15) is 0 Å². The number of hydrogen-bond acceptors (Lipinski definition) is 7. The molecule has 41 heavy (non-hydrogen) atoms. The van der Waals surface area contributed by atoms with Crippen LogP contribution in [0.5, 0.6) is 11.5 Å². The molecule has 0 saturated carbocycles. The van der Waals surface area contributed by atoms with E-state index in [1.165, 1.54) is 11.0 Å². The summed E-state index contributed by atoms with van der Waals surface area (Å²) < 4.78 is 5.16. The Balaban J connectivity index is 1.50. The minimum atomic E-state index is -1.65. The summed E-state index contributed by atoms with van der Waals surface area (Å²) in [6.45, 7) is 1.95. The molecule has 4 atom stereocenters. The topological polar surface area (TPSA) is 154 Å². The molecular weight excluding hydrogens is 524 g/mol. The van der Waals surface area contributed by atoms with E-state index >= 15 is 0 Å². The molecule has 1 saturated heterocycles. The fraction of sp³-hybridized carbons (Fsp3) is 0.323. The lowest BCUT2D eigenvalue weighted by Gasteiger charge is -2.30. The standard InChI is InChI=1S/C31H36N4O6/c1-19-24(9-6-10-27(19)36)29(38)34-25(15-20-7-4-3-5-8-20)28(37)31(40)35-18-22(32)16-26(35)30(39)33-17-21-11-13-23(41-2)14-12-21/h3-14,22,25-26,28,36-37H,15-18,32H2,1-2H3,(H,33,39)(H,34,38). The van der Waals surface area contributed by atoms with Crippen LogP contribution in [0.4, 0.5) is 0 Å². The molecule has 0 aromatic heterocycles. The predicted molar refractivity (Wildman–Crippen MR) is 153 cm³/mol. The van der Waals surface area contributed by atoms with Crippen LogP contribution in [0, 0.1) is 6.92 Å². The zero-order valence-corrected chi connectivity index (χ0v) is 23.1. The first-order chi connectivity index (χ1) is 19.7. The summed E-state index contributed by atoms with van der Waals surface area (Å²) in [6, 6.07) is 18.6. The Bertz CT molecular complexity index is 1360. The molecule has 1 aliphatic heterocycles. The Labute approximate surface area is 239 Å². The largest absolute Gasteiger partial charge is 0.508 e. The normalized spacial score (nSPS) is 17.9. The number of phenols is 1. The van der Waals surface area contributed by atoms with Crippen LogP contribution >= 0.6 is 0 Å². The van der Waals surface area contributed by atoms with Gasteiger partial charge in [0, 0.05) is 30.3 Å². The number of benzene rings is 3.